The highest BCUT2D eigenvalue weighted by Gasteiger charge is 2.27. The van der Waals surface area contributed by atoms with E-state index < -0.39 is 0 Å². The first-order valence-corrected chi connectivity index (χ1v) is 9.06. The Bertz CT molecular complexity index is 1190. The first-order valence-electron chi connectivity index (χ1n) is 9.06. The molecule has 1 aliphatic rings. The van der Waals surface area contributed by atoms with E-state index in [1.807, 2.05) is 44.2 Å². The molecule has 1 aliphatic heterocycles. The highest BCUT2D eigenvalue weighted by atomic mass is 16.2. The first kappa shape index (κ1) is 15.9. The Balaban J connectivity index is 1.48. The zero-order valence-corrected chi connectivity index (χ0v) is 15.3. The zero-order valence-electron chi connectivity index (χ0n) is 15.3. The Hall–Kier alpha value is -3.29. The number of aromatic nitrogens is 6. The Morgan fingerprint density at radius 3 is 2.85 bits per heavy atom. The number of hydrogen-bond donors (Lipinski definition) is 0. The number of carbonyl (C=O) groups is 1. The summed E-state index contributed by atoms with van der Waals surface area (Å²) >= 11 is 0. The van der Waals surface area contributed by atoms with Crippen LogP contribution in [0.25, 0.3) is 16.8 Å². The van der Waals surface area contributed by atoms with Gasteiger partial charge in [-0.25, -0.2) is 14.5 Å². The second-order valence-corrected chi connectivity index (χ2v) is 6.91. The Labute approximate surface area is 155 Å². The van der Waals surface area contributed by atoms with Crippen LogP contribution >= 0.6 is 0 Å². The molecule has 0 saturated heterocycles. The van der Waals surface area contributed by atoms with Crippen LogP contribution in [0.3, 0.4) is 0 Å². The molecule has 1 aromatic carbocycles. The van der Waals surface area contributed by atoms with Crippen LogP contribution < -0.4 is 4.90 Å². The van der Waals surface area contributed by atoms with E-state index >= 15 is 0 Å². The van der Waals surface area contributed by atoms with E-state index in [4.69, 9.17) is 0 Å². The van der Waals surface area contributed by atoms with Crippen molar-refractivity contribution in [3.8, 4) is 0 Å². The van der Waals surface area contributed by atoms with Crippen LogP contribution in [0.4, 0.5) is 5.95 Å². The lowest BCUT2D eigenvalue weighted by Gasteiger charge is -2.27. The van der Waals surface area contributed by atoms with Crippen LogP contribution in [0, 0.1) is 13.8 Å². The molecular formula is C19H19N7O. The van der Waals surface area contributed by atoms with Crippen molar-refractivity contribution in [1.29, 1.82) is 0 Å². The van der Waals surface area contributed by atoms with E-state index in [2.05, 4.69) is 24.6 Å². The maximum atomic E-state index is 13.0. The summed E-state index contributed by atoms with van der Waals surface area (Å²) in [5.74, 6) is 1.67. The fourth-order valence-corrected chi connectivity index (χ4v) is 3.73. The fraction of sp³-hybridized carbons (Fsp3) is 0.316. The molecule has 8 heteroatoms. The largest absolute Gasteiger partial charge is 0.310 e. The molecule has 0 saturated carbocycles. The molecule has 3 aromatic heterocycles. The number of para-hydroxylation sites is 2. The summed E-state index contributed by atoms with van der Waals surface area (Å²) in [7, 11) is 0. The van der Waals surface area contributed by atoms with Crippen molar-refractivity contribution >= 4 is 28.7 Å². The Morgan fingerprint density at radius 1 is 1.11 bits per heavy atom. The molecular weight excluding hydrogens is 342 g/mol. The summed E-state index contributed by atoms with van der Waals surface area (Å²) < 4.78 is 3.80. The highest BCUT2D eigenvalue weighted by molar-refractivity contribution is 5.95. The maximum Gasteiger partial charge on any atom is 0.252 e. The minimum Gasteiger partial charge on any atom is -0.310 e. The summed E-state index contributed by atoms with van der Waals surface area (Å²) in [6, 6.07) is 9.92. The smallest absolute Gasteiger partial charge is 0.252 e. The second kappa shape index (κ2) is 5.87. The van der Waals surface area contributed by atoms with Crippen LogP contribution in [0.2, 0.25) is 0 Å². The van der Waals surface area contributed by atoms with E-state index in [0.29, 0.717) is 24.1 Å². The van der Waals surface area contributed by atoms with Gasteiger partial charge >= 0.3 is 0 Å². The molecule has 1 amide bonds. The van der Waals surface area contributed by atoms with Gasteiger partial charge in [0.15, 0.2) is 5.82 Å². The number of amides is 1. The number of anilines is 1. The van der Waals surface area contributed by atoms with Crippen molar-refractivity contribution in [3.63, 3.8) is 0 Å². The van der Waals surface area contributed by atoms with Crippen molar-refractivity contribution in [2.24, 2.45) is 0 Å². The zero-order chi connectivity index (χ0) is 18.5. The monoisotopic (exact) mass is 361 g/mol. The number of rotatable bonds is 2. The summed E-state index contributed by atoms with van der Waals surface area (Å²) in [4.78, 5) is 28.2. The molecule has 0 unspecified atom stereocenters. The Morgan fingerprint density at radius 2 is 1.96 bits per heavy atom. The molecule has 0 spiro atoms. The molecule has 0 atom stereocenters. The molecule has 0 radical (unpaired) electrons. The van der Waals surface area contributed by atoms with Gasteiger partial charge in [0.05, 0.1) is 17.5 Å². The molecule has 0 aliphatic carbocycles. The van der Waals surface area contributed by atoms with Gasteiger partial charge in [-0.05, 0) is 38.5 Å². The molecule has 136 valence electrons. The van der Waals surface area contributed by atoms with Gasteiger partial charge in [-0.3, -0.25) is 9.69 Å². The van der Waals surface area contributed by atoms with Gasteiger partial charge in [-0.1, -0.05) is 12.1 Å². The molecule has 27 heavy (non-hydrogen) atoms. The van der Waals surface area contributed by atoms with Gasteiger partial charge < -0.3 is 4.57 Å². The van der Waals surface area contributed by atoms with E-state index in [0.717, 1.165) is 35.4 Å². The van der Waals surface area contributed by atoms with Crippen LogP contribution in [0.1, 0.15) is 23.6 Å². The highest BCUT2D eigenvalue weighted by Crippen LogP contribution is 2.27. The summed E-state index contributed by atoms with van der Waals surface area (Å²) in [5, 5.41) is 4.46. The van der Waals surface area contributed by atoms with Crippen molar-refractivity contribution in [3.05, 3.63) is 47.5 Å². The third-order valence-corrected chi connectivity index (χ3v) is 4.91. The van der Waals surface area contributed by atoms with Crippen molar-refractivity contribution in [2.75, 3.05) is 11.4 Å². The summed E-state index contributed by atoms with van der Waals surface area (Å²) in [6.07, 6.45) is 1.03. The average molecular weight is 361 g/mol. The quantitative estimate of drug-likeness (QED) is 0.546. The summed E-state index contributed by atoms with van der Waals surface area (Å²) in [5.41, 5.74) is 3.80. The van der Waals surface area contributed by atoms with Crippen LogP contribution in [-0.4, -0.2) is 41.6 Å². The molecule has 0 fully saturated rings. The molecule has 4 heterocycles. The minimum absolute atomic E-state index is 0.0449. The van der Waals surface area contributed by atoms with E-state index in [-0.39, 0.29) is 12.3 Å². The number of benzene rings is 1. The number of carbonyl (C=O) groups excluding carboxylic acids is 1. The van der Waals surface area contributed by atoms with Gasteiger partial charge in [-0.2, -0.15) is 4.98 Å². The van der Waals surface area contributed by atoms with Gasteiger partial charge in [-0.15, -0.1) is 5.10 Å². The van der Waals surface area contributed by atoms with Gasteiger partial charge in [0.2, 0.25) is 11.9 Å². The lowest BCUT2D eigenvalue weighted by atomic mass is 10.2. The number of nitrogens with zero attached hydrogens (tertiary/aromatic N) is 7. The third-order valence-electron chi connectivity index (χ3n) is 4.91. The fourth-order valence-electron chi connectivity index (χ4n) is 3.73. The van der Waals surface area contributed by atoms with Crippen LogP contribution in [0.15, 0.2) is 30.3 Å². The lowest BCUT2D eigenvalue weighted by Crippen LogP contribution is -2.38. The SMILES string of the molecule is Cc1cc(C)n2nc(CC(=O)N3CCCn4c3nc3ccccc34)nc2n1. The predicted octanol–water partition coefficient (Wildman–Crippen LogP) is 2.07. The van der Waals surface area contributed by atoms with E-state index in [9.17, 15) is 4.79 Å². The molecule has 8 nitrogen and oxygen atoms in total. The molecule has 4 aromatic rings. The Kier molecular flexibility index (Phi) is 3.46. The molecule has 5 rings (SSSR count). The second-order valence-electron chi connectivity index (χ2n) is 6.91. The topological polar surface area (TPSA) is 81.2 Å². The summed E-state index contributed by atoms with van der Waals surface area (Å²) in [6.45, 7) is 5.40. The van der Waals surface area contributed by atoms with Crippen molar-refractivity contribution in [2.45, 2.75) is 33.2 Å². The lowest BCUT2D eigenvalue weighted by molar-refractivity contribution is -0.118. The van der Waals surface area contributed by atoms with E-state index in [1.54, 1.807) is 9.42 Å². The number of imidazole rings is 1. The number of hydrogen-bond acceptors (Lipinski definition) is 5. The molecule has 0 N–H and O–H groups in total. The third kappa shape index (κ3) is 2.56. The van der Waals surface area contributed by atoms with Crippen LogP contribution in [0.5, 0.6) is 0 Å². The van der Waals surface area contributed by atoms with Crippen molar-refractivity contribution < 1.29 is 4.79 Å². The molecule has 0 bridgehead atoms. The predicted molar refractivity (Wildman–Crippen MR) is 101 cm³/mol. The van der Waals surface area contributed by atoms with Gasteiger partial charge in [0, 0.05) is 24.5 Å². The normalized spacial score (nSPS) is 14.1. The minimum atomic E-state index is -0.0449. The average Bonchev–Trinajstić information content (AvgIpc) is 3.22. The van der Waals surface area contributed by atoms with E-state index in [1.165, 1.54) is 0 Å². The van der Waals surface area contributed by atoms with Crippen molar-refractivity contribution in [1.82, 2.24) is 29.1 Å². The standard InChI is InChI=1S/C19H19N7O/c1-12-10-13(2)26-18(20-12)22-16(23-26)11-17(27)25-9-5-8-24-15-7-4-3-6-14(15)21-19(24)25/h3-4,6-7,10H,5,8-9,11H2,1-2H3. The van der Waals surface area contributed by atoms with Crippen LogP contribution in [-0.2, 0) is 17.8 Å². The first-order chi connectivity index (χ1) is 13.1. The van der Waals surface area contributed by atoms with Gasteiger partial charge in [0.25, 0.3) is 5.78 Å². The number of aryl methyl sites for hydroxylation is 3. The maximum absolute atomic E-state index is 13.0. The van der Waals surface area contributed by atoms with Gasteiger partial charge in [0.1, 0.15) is 0 Å². The number of fused-ring (bicyclic) bond motifs is 4.